The van der Waals surface area contributed by atoms with Crippen LogP contribution in [0.25, 0.3) is 0 Å². The number of piperidine rings is 1. The van der Waals surface area contributed by atoms with Crippen LogP contribution >= 0.6 is 0 Å². The second-order valence-electron chi connectivity index (χ2n) is 9.39. The number of Topliss-reactive ketones (excluding diaryl/α,β-unsaturated/α-hetero) is 2. The third-order valence-electron chi connectivity index (χ3n) is 7.40. The Morgan fingerprint density at radius 3 is 2.43 bits per heavy atom. The van der Waals surface area contributed by atoms with E-state index < -0.39 is 21.3 Å². The van der Waals surface area contributed by atoms with E-state index in [1.165, 1.54) is 12.1 Å². The lowest BCUT2D eigenvalue weighted by molar-refractivity contribution is -0.128. The van der Waals surface area contributed by atoms with Crippen molar-refractivity contribution >= 4 is 21.7 Å². The van der Waals surface area contributed by atoms with E-state index in [1.54, 1.807) is 6.07 Å². The predicted octanol–water partition coefficient (Wildman–Crippen LogP) is 3.40. The van der Waals surface area contributed by atoms with Gasteiger partial charge in [0.05, 0.1) is 11.2 Å². The minimum absolute atomic E-state index is 0.0152. The molecule has 3 fully saturated rings. The van der Waals surface area contributed by atoms with Crippen molar-refractivity contribution in [2.75, 3.05) is 12.3 Å². The van der Waals surface area contributed by atoms with Crippen LogP contribution in [-0.2, 0) is 19.7 Å². The Morgan fingerprint density at radius 1 is 1.23 bits per heavy atom. The van der Waals surface area contributed by atoms with Crippen molar-refractivity contribution < 1.29 is 27.0 Å². The Hall–Kier alpha value is -1.64. The Bertz CT molecular complexity index is 958. The number of hydrogen-bond acceptors (Lipinski definition) is 5. The molecule has 2 aliphatic carbocycles. The molecule has 0 amide bonds. The molecule has 6 nitrogen and oxygen atoms in total. The zero-order valence-corrected chi connectivity index (χ0v) is 18.5. The van der Waals surface area contributed by atoms with Gasteiger partial charge < -0.3 is 5.32 Å². The second kappa shape index (κ2) is 8.13. The average molecular weight is 440 g/mol. The molecule has 0 aromatic heterocycles. The molecule has 2 bridgehead atoms. The van der Waals surface area contributed by atoms with Crippen LogP contribution < -0.4 is 5.32 Å². The van der Waals surface area contributed by atoms with E-state index in [-0.39, 0.29) is 34.8 Å². The van der Waals surface area contributed by atoms with Gasteiger partial charge in [0, 0.05) is 31.8 Å². The maximum Gasteiger partial charge on any atom is 0.265 e. The van der Waals surface area contributed by atoms with Crippen molar-refractivity contribution in [2.45, 2.75) is 58.9 Å². The second-order valence-corrected chi connectivity index (χ2v) is 10.8. The van der Waals surface area contributed by atoms with E-state index >= 15 is 0 Å². The van der Waals surface area contributed by atoms with Gasteiger partial charge in [0.25, 0.3) is 10.1 Å². The molecule has 0 spiro atoms. The lowest BCUT2D eigenvalue weighted by Gasteiger charge is -2.35. The van der Waals surface area contributed by atoms with E-state index in [0.29, 0.717) is 25.7 Å². The van der Waals surface area contributed by atoms with Crippen LogP contribution in [0.1, 0.15) is 63.1 Å². The fourth-order valence-corrected chi connectivity index (χ4v) is 6.76. The fraction of sp³-hybridized carbons (Fsp3) is 0.636. The SMILES string of the molecule is CC1(C)C2CCC1(CS(=O)(=O)O)C(=O)C2.Cc1cc(F)ccc1C1CC(=O)CCN1. The molecule has 3 atom stereocenters. The molecular weight excluding hydrogens is 409 g/mol. The lowest BCUT2D eigenvalue weighted by atomic mass is 9.70. The molecule has 4 rings (SSSR count). The van der Waals surface area contributed by atoms with Gasteiger partial charge in [0.15, 0.2) is 0 Å². The quantitative estimate of drug-likeness (QED) is 0.700. The van der Waals surface area contributed by atoms with Crippen LogP contribution in [0.5, 0.6) is 0 Å². The summed E-state index contributed by atoms with van der Waals surface area (Å²) in [6.07, 6.45) is 3.10. The van der Waals surface area contributed by atoms with Crippen molar-refractivity contribution in [3.05, 3.63) is 35.1 Å². The summed E-state index contributed by atoms with van der Waals surface area (Å²) in [5, 5.41) is 3.28. The van der Waals surface area contributed by atoms with Crippen molar-refractivity contribution in [3.8, 4) is 0 Å². The molecule has 3 aliphatic rings. The molecule has 2 saturated carbocycles. The molecule has 166 valence electrons. The highest BCUT2D eigenvalue weighted by molar-refractivity contribution is 7.85. The molecule has 3 unspecified atom stereocenters. The Labute approximate surface area is 177 Å². The number of hydrogen-bond donors (Lipinski definition) is 2. The van der Waals surface area contributed by atoms with Crippen LogP contribution in [0, 0.1) is 29.5 Å². The molecule has 1 saturated heterocycles. The van der Waals surface area contributed by atoms with Gasteiger partial charge in [-0.3, -0.25) is 14.1 Å². The standard InChI is InChI=1S/C12H14FNO.C10H16O4S/c1-8-6-9(13)2-3-11(8)12-7-10(15)4-5-14-12;1-9(2)7-3-4-10(9,8(11)5-7)6-15(12,13)14/h2-3,6,12,14H,4-5,7H2,1H3;7H,3-6H2,1-2H3,(H,12,13,14). The molecule has 2 N–H and O–H groups in total. The van der Waals surface area contributed by atoms with Gasteiger partial charge in [-0.05, 0) is 54.4 Å². The molecule has 8 heteroatoms. The molecule has 1 heterocycles. The summed E-state index contributed by atoms with van der Waals surface area (Å²) in [5.74, 6) is -0.0449. The number of aryl methyl sites for hydroxylation is 1. The van der Waals surface area contributed by atoms with Crippen LogP contribution in [0.3, 0.4) is 0 Å². The van der Waals surface area contributed by atoms with Gasteiger partial charge in [0.2, 0.25) is 0 Å². The predicted molar refractivity (Wildman–Crippen MR) is 111 cm³/mol. The monoisotopic (exact) mass is 439 g/mol. The van der Waals surface area contributed by atoms with E-state index in [0.717, 1.165) is 24.1 Å². The zero-order valence-electron chi connectivity index (χ0n) is 17.7. The minimum Gasteiger partial charge on any atom is -0.309 e. The molecule has 0 radical (unpaired) electrons. The lowest BCUT2D eigenvalue weighted by Crippen LogP contribution is -2.42. The average Bonchev–Trinajstić information content (AvgIpc) is 2.95. The third kappa shape index (κ3) is 4.36. The first kappa shape index (κ1) is 23.0. The Balaban J connectivity index is 0.000000171. The number of nitrogens with one attached hydrogen (secondary N) is 1. The summed E-state index contributed by atoms with van der Waals surface area (Å²) >= 11 is 0. The van der Waals surface area contributed by atoms with Crippen LogP contribution in [-0.4, -0.2) is 36.8 Å². The Kier molecular flexibility index (Phi) is 6.24. The topological polar surface area (TPSA) is 101 Å². The number of carbonyl (C=O) groups excluding carboxylic acids is 2. The van der Waals surface area contributed by atoms with Crippen molar-refractivity contribution in [1.82, 2.24) is 5.32 Å². The van der Waals surface area contributed by atoms with Gasteiger partial charge in [0.1, 0.15) is 17.4 Å². The van der Waals surface area contributed by atoms with E-state index in [9.17, 15) is 22.4 Å². The maximum absolute atomic E-state index is 12.9. The van der Waals surface area contributed by atoms with Crippen LogP contribution in [0.15, 0.2) is 18.2 Å². The highest BCUT2D eigenvalue weighted by Crippen LogP contribution is 2.64. The largest absolute Gasteiger partial charge is 0.309 e. The third-order valence-corrected chi connectivity index (χ3v) is 8.26. The first-order valence-electron chi connectivity index (χ1n) is 10.4. The van der Waals surface area contributed by atoms with E-state index in [4.69, 9.17) is 4.55 Å². The van der Waals surface area contributed by atoms with Gasteiger partial charge in [-0.15, -0.1) is 0 Å². The fourth-order valence-electron chi connectivity index (χ4n) is 5.46. The van der Waals surface area contributed by atoms with Crippen LogP contribution in [0.2, 0.25) is 0 Å². The van der Waals surface area contributed by atoms with Crippen molar-refractivity contribution in [3.63, 3.8) is 0 Å². The normalized spacial score (nSPS) is 30.2. The number of rotatable bonds is 3. The molecule has 1 aromatic rings. The van der Waals surface area contributed by atoms with Crippen LogP contribution in [0.4, 0.5) is 4.39 Å². The van der Waals surface area contributed by atoms with Crippen molar-refractivity contribution in [1.29, 1.82) is 0 Å². The first-order chi connectivity index (χ1) is 13.9. The number of carbonyl (C=O) groups is 2. The highest BCUT2D eigenvalue weighted by Gasteiger charge is 2.65. The van der Waals surface area contributed by atoms with Gasteiger partial charge in [-0.25, -0.2) is 4.39 Å². The number of halogens is 1. The van der Waals surface area contributed by atoms with Gasteiger partial charge >= 0.3 is 0 Å². The van der Waals surface area contributed by atoms with Gasteiger partial charge in [-0.2, -0.15) is 8.42 Å². The molecule has 1 aromatic carbocycles. The van der Waals surface area contributed by atoms with E-state index in [1.807, 2.05) is 20.8 Å². The maximum atomic E-state index is 12.9. The Morgan fingerprint density at radius 2 is 1.93 bits per heavy atom. The van der Waals surface area contributed by atoms with Gasteiger partial charge in [-0.1, -0.05) is 19.9 Å². The molecule has 30 heavy (non-hydrogen) atoms. The smallest absolute Gasteiger partial charge is 0.265 e. The number of fused-ring (bicyclic) bond motifs is 2. The number of ketones is 2. The highest BCUT2D eigenvalue weighted by atomic mass is 32.2. The summed E-state index contributed by atoms with van der Waals surface area (Å²) in [6, 6.07) is 4.78. The van der Waals surface area contributed by atoms with E-state index in [2.05, 4.69) is 5.32 Å². The molecule has 1 aliphatic heterocycles. The summed E-state index contributed by atoms with van der Waals surface area (Å²) < 4.78 is 43.9. The summed E-state index contributed by atoms with van der Waals surface area (Å²) in [6.45, 7) is 6.49. The zero-order chi connectivity index (χ0) is 22.3. The summed E-state index contributed by atoms with van der Waals surface area (Å²) in [5.41, 5.74) is 0.817. The minimum atomic E-state index is -4.08. The van der Waals surface area contributed by atoms with Crippen molar-refractivity contribution in [2.24, 2.45) is 16.7 Å². The summed E-state index contributed by atoms with van der Waals surface area (Å²) in [4.78, 5) is 23.2. The number of benzene rings is 1. The summed E-state index contributed by atoms with van der Waals surface area (Å²) in [7, 11) is -4.08. The molecular formula is C22H30FNO5S. The first-order valence-corrected chi connectivity index (χ1v) is 12.0.